The molecule has 0 saturated carbocycles. The molecule has 0 fully saturated rings. The highest BCUT2D eigenvalue weighted by atomic mass is 16.2. The Morgan fingerprint density at radius 2 is 1.64 bits per heavy atom. The van der Waals surface area contributed by atoms with Gasteiger partial charge >= 0.3 is 0 Å². The van der Waals surface area contributed by atoms with E-state index in [1.165, 1.54) is 0 Å². The van der Waals surface area contributed by atoms with Gasteiger partial charge in [0.1, 0.15) is 6.04 Å². The summed E-state index contributed by atoms with van der Waals surface area (Å²) < 4.78 is 0. The predicted octanol–water partition coefficient (Wildman–Crippen LogP) is 2.83. The fraction of sp³-hybridized carbons (Fsp3) is 0.300. The molecule has 2 aromatic rings. The zero-order valence-electron chi connectivity index (χ0n) is 15.0. The molecule has 132 valence electrons. The maximum atomic E-state index is 12.7. The highest BCUT2D eigenvalue weighted by molar-refractivity contribution is 5.97. The molecule has 0 radical (unpaired) electrons. The molecule has 2 N–H and O–H groups in total. The molecule has 0 bridgehead atoms. The smallest absolute Gasteiger partial charge is 0.247 e. The molecule has 0 aliphatic heterocycles. The van der Waals surface area contributed by atoms with Gasteiger partial charge in [-0.1, -0.05) is 37.3 Å². The predicted molar refractivity (Wildman–Crippen MR) is 102 cm³/mol. The number of carbonyl (C=O) groups excluding carboxylic acids is 2. The van der Waals surface area contributed by atoms with Crippen molar-refractivity contribution in [3.8, 4) is 0 Å². The van der Waals surface area contributed by atoms with E-state index in [-0.39, 0.29) is 11.8 Å². The summed E-state index contributed by atoms with van der Waals surface area (Å²) in [5.41, 5.74) is 2.76. The number of rotatable bonds is 7. The van der Waals surface area contributed by atoms with Crippen molar-refractivity contribution in [2.75, 3.05) is 24.3 Å². The Bertz CT molecular complexity index is 697. The number of benzene rings is 2. The van der Waals surface area contributed by atoms with Crippen LogP contribution in [0.2, 0.25) is 0 Å². The molecule has 0 heterocycles. The fourth-order valence-corrected chi connectivity index (χ4v) is 2.43. The van der Waals surface area contributed by atoms with Gasteiger partial charge in [0.2, 0.25) is 11.8 Å². The van der Waals surface area contributed by atoms with Crippen LogP contribution in [0.4, 0.5) is 11.4 Å². The molecule has 0 spiro atoms. The van der Waals surface area contributed by atoms with E-state index >= 15 is 0 Å². The maximum Gasteiger partial charge on any atom is 0.247 e. The zero-order valence-corrected chi connectivity index (χ0v) is 15.0. The second kappa shape index (κ2) is 8.87. The summed E-state index contributed by atoms with van der Waals surface area (Å²) >= 11 is 0. The molecule has 2 aromatic carbocycles. The Kier molecular flexibility index (Phi) is 6.57. The quantitative estimate of drug-likeness (QED) is 0.815. The molecular weight excluding hydrogens is 314 g/mol. The third-order valence-electron chi connectivity index (χ3n) is 3.91. The van der Waals surface area contributed by atoms with E-state index in [9.17, 15) is 9.59 Å². The standard InChI is InChI=1S/C20H25N3O2/c1-4-19(24)22-18(14-15-8-6-5-7-9-15)20(25)21-16-10-12-17(13-11-16)23(2)3/h5-13,18H,4,14H2,1-3H3,(H,21,25)(H,22,24). The Balaban J connectivity index is 2.09. The van der Waals surface area contributed by atoms with Crippen LogP contribution < -0.4 is 15.5 Å². The normalized spacial score (nSPS) is 11.5. The van der Waals surface area contributed by atoms with Crippen molar-refractivity contribution in [3.63, 3.8) is 0 Å². The van der Waals surface area contributed by atoms with Crippen molar-refractivity contribution >= 4 is 23.2 Å². The van der Waals surface area contributed by atoms with Crippen molar-refractivity contribution in [2.24, 2.45) is 0 Å². The average Bonchev–Trinajstić information content (AvgIpc) is 2.62. The summed E-state index contributed by atoms with van der Waals surface area (Å²) in [6.07, 6.45) is 0.796. The number of anilines is 2. The van der Waals surface area contributed by atoms with E-state index in [1.807, 2.05) is 73.6 Å². The summed E-state index contributed by atoms with van der Waals surface area (Å²) in [4.78, 5) is 26.4. The van der Waals surface area contributed by atoms with Crippen LogP contribution in [0.3, 0.4) is 0 Å². The molecule has 0 aromatic heterocycles. The first-order valence-corrected chi connectivity index (χ1v) is 8.41. The summed E-state index contributed by atoms with van der Waals surface area (Å²) in [7, 11) is 3.92. The Hall–Kier alpha value is -2.82. The number of amides is 2. The maximum absolute atomic E-state index is 12.7. The van der Waals surface area contributed by atoms with Crippen molar-refractivity contribution < 1.29 is 9.59 Å². The van der Waals surface area contributed by atoms with Crippen LogP contribution in [0.1, 0.15) is 18.9 Å². The lowest BCUT2D eigenvalue weighted by Crippen LogP contribution is -2.45. The minimum absolute atomic E-state index is 0.140. The summed E-state index contributed by atoms with van der Waals surface area (Å²) in [5, 5.41) is 5.69. The largest absolute Gasteiger partial charge is 0.378 e. The lowest BCUT2D eigenvalue weighted by atomic mass is 10.0. The van der Waals surface area contributed by atoms with Crippen LogP contribution in [0.15, 0.2) is 54.6 Å². The Morgan fingerprint density at radius 3 is 2.20 bits per heavy atom. The minimum atomic E-state index is -0.608. The number of nitrogens with zero attached hydrogens (tertiary/aromatic N) is 1. The van der Waals surface area contributed by atoms with Gasteiger partial charge in [-0.2, -0.15) is 0 Å². The van der Waals surface area contributed by atoms with E-state index in [2.05, 4.69) is 10.6 Å². The molecule has 5 nitrogen and oxygen atoms in total. The van der Waals surface area contributed by atoms with E-state index in [1.54, 1.807) is 6.92 Å². The first kappa shape index (κ1) is 18.5. The van der Waals surface area contributed by atoms with Crippen molar-refractivity contribution in [1.82, 2.24) is 5.32 Å². The van der Waals surface area contributed by atoms with Gasteiger partial charge in [0.05, 0.1) is 0 Å². The van der Waals surface area contributed by atoms with Crippen molar-refractivity contribution in [2.45, 2.75) is 25.8 Å². The molecule has 1 unspecified atom stereocenters. The van der Waals surface area contributed by atoms with Crippen LogP contribution >= 0.6 is 0 Å². The van der Waals surface area contributed by atoms with Gasteiger partial charge in [-0.3, -0.25) is 9.59 Å². The SMILES string of the molecule is CCC(=O)NC(Cc1ccccc1)C(=O)Nc1ccc(N(C)C)cc1. The van der Waals surface area contributed by atoms with Crippen molar-refractivity contribution in [1.29, 1.82) is 0 Å². The highest BCUT2D eigenvalue weighted by Crippen LogP contribution is 2.16. The van der Waals surface area contributed by atoms with Gasteiger partial charge < -0.3 is 15.5 Å². The Labute approximate surface area is 149 Å². The van der Waals surface area contributed by atoms with Gasteiger partial charge in [0.25, 0.3) is 0 Å². The van der Waals surface area contributed by atoms with Gasteiger partial charge in [-0.25, -0.2) is 0 Å². The minimum Gasteiger partial charge on any atom is -0.378 e. The van der Waals surface area contributed by atoms with Gasteiger partial charge in [-0.15, -0.1) is 0 Å². The highest BCUT2D eigenvalue weighted by Gasteiger charge is 2.20. The monoisotopic (exact) mass is 339 g/mol. The first-order chi connectivity index (χ1) is 12.0. The van der Waals surface area contributed by atoms with Gasteiger partial charge in [0, 0.05) is 38.3 Å². The van der Waals surface area contributed by atoms with Crippen LogP contribution in [-0.4, -0.2) is 32.0 Å². The van der Waals surface area contributed by atoms with E-state index in [0.29, 0.717) is 18.5 Å². The topological polar surface area (TPSA) is 61.4 Å². The molecule has 1 atom stereocenters. The first-order valence-electron chi connectivity index (χ1n) is 8.41. The lowest BCUT2D eigenvalue weighted by Gasteiger charge is -2.19. The molecule has 2 rings (SSSR count). The summed E-state index contributed by atoms with van der Waals surface area (Å²) in [5.74, 6) is -0.359. The van der Waals surface area contributed by atoms with Gasteiger partial charge in [0.15, 0.2) is 0 Å². The van der Waals surface area contributed by atoms with Gasteiger partial charge in [-0.05, 0) is 29.8 Å². The fourth-order valence-electron chi connectivity index (χ4n) is 2.43. The molecular formula is C20H25N3O2. The third-order valence-corrected chi connectivity index (χ3v) is 3.91. The second-order valence-corrected chi connectivity index (χ2v) is 6.09. The molecule has 0 saturated heterocycles. The number of carbonyl (C=O) groups is 2. The number of hydrogen-bond acceptors (Lipinski definition) is 3. The third kappa shape index (κ3) is 5.64. The zero-order chi connectivity index (χ0) is 18.2. The van der Waals surface area contributed by atoms with E-state index < -0.39 is 6.04 Å². The van der Waals surface area contributed by atoms with E-state index in [4.69, 9.17) is 0 Å². The summed E-state index contributed by atoms with van der Waals surface area (Å²) in [6, 6.07) is 16.6. The van der Waals surface area contributed by atoms with Crippen LogP contribution in [0.25, 0.3) is 0 Å². The van der Waals surface area contributed by atoms with Crippen molar-refractivity contribution in [3.05, 3.63) is 60.2 Å². The molecule has 5 heteroatoms. The molecule has 2 amide bonds. The molecule has 25 heavy (non-hydrogen) atoms. The molecule has 0 aliphatic carbocycles. The van der Waals surface area contributed by atoms with Crippen LogP contribution in [0, 0.1) is 0 Å². The lowest BCUT2D eigenvalue weighted by molar-refractivity contribution is -0.126. The van der Waals surface area contributed by atoms with Crippen LogP contribution in [0.5, 0.6) is 0 Å². The average molecular weight is 339 g/mol. The molecule has 0 aliphatic rings. The number of nitrogens with one attached hydrogen (secondary N) is 2. The summed E-state index contributed by atoms with van der Waals surface area (Å²) in [6.45, 7) is 1.77. The Morgan fingerprint density at radius 1 is 1.00 bits per heavy atom. The second-order valence-electron chi connectivity index (χ2n) is 6.09. The number of hydrogen-bond donors (Lipinski definition) is 2. The van der Waals surface area contributed by atoms with E-state index in [0.717, 1.165) is 11.3 Å². The van der Waals surface area contributed by atoms with Crippen LogP contribution in [-0.2, 0) is 16.0 Å².